The van der Waals surface area contributed by atoms with Crippen molar-refractivity contribution in [3.8, 4) is 17.2 Å². The molecular formula is C21H27N5O4. The molecule has 9 heteroatoms. The van der Waals surface area contributed by atoms with Crippen LogP contribution in [0.4, 0.5) is 0 Å². The molecule has 0 spiro atoms. The molecule has 0 unspecified atom stereocenters. The first-order chi connectivity index (χ1) is 14.5. The van der Waals surface area contributed by atoms with Gasteiger partial charge in [-0.05, 0) is 32.0 Å². The zero-order valence-corrected chi connectivity index (χ0v) is 18.0. The van der Waals surface area contributed by atoms with Crippen LogP contribution in [-0.2, 0) is 19.8 Å². The van der Waals surface area contributed by atoms with E-state index < -0.39 is 0 Å². The van der Waals surface area contributed by atoms with Crippen molar-refractivity contribution in [3.05, 3.63) is 53.6 Å². The second-order valence-corrected chi connectivity index (χ2v) is 6.76. The van der Waals surface area contributed by atoms with E-state index in [-0.39, 0.29) is 12.6 Å². The van der Waals surface area contributed by atoms with E-state index in [0.29, 0.717) is 29.5 Å². The van der Waals surface area contributed by atoms with Gasteiger partial charge in [0.1, 0.15) is 0 Å². The fourth-order valence-corrected chi connectivity index (χ4v) is 3.04. The van der Waals surface area contributed by atoms with Crippen molar-refractivity contribution in [2.24, 2.45) is 0 Å². The highest BCUT2D eigenvalue weighted by molar-refractivity contribution is 5.91. The van der Waals surface area contributed by atoms with Crippen LogP contribution in [0.3, 0.4) is 0 Å². The van der Waals surface area contributed by atoms with E-state index in [4.69, 9.17) is 14.2 Å². The summed E-state index contributed by atoms with van der Waals surface area (Å²) in [5.41, 5.74) is 2.27. The maximum absolute atomic E-state index is 12.8. The second kappa shape index (κ2) is 9.34. The summed E-state index contributed by atoms with van der Waals surface area (Å²) in [5, 5.41) is 8.76. The predicted octanol–water partition coefficient (Wildman–Crippen LogP) is 2.73. The van der Waals surface area contributed by atoms with Crippen LogP contribution in [0.25, 0.3) is 0 Å². The fourth-order valence-electron chi connectivity index (χ4n) is 3.04. The number of para-hydroxylation sites is 1. The van der Waals surface area contributed by atoms with Gasteiger partial charge in [0.2, 0.25) is 5.75 Å². The molecule has 0 saturated heterocycles. The molecule has 0 radical (unpaired) electrons. The topological polar surface area (TPSA) is 83.6 Å². The summed E-state index contributed by atoms with van der Waals surface area (Å²) in [5.74, 6) is 1.42. The van der Waals surface area contributed by atoms with Gasteiger partial charge in [0.05, 0.1) is 19.9 Å². The molecule has 0 fully saturated rings. The van der Waals surface area contributed by atoms with Gasteiger partial charge in [0.15, 0.2) is 23.9 Å². The molecule has 0 saturated carbocycles. The highest BCUT2D eigenvalue weighted by Gasteiger charge is 2.18. The van der Waals surface area contributed by atoms with Gasteiger partial charge in [0.25, 0.3) is 5.91 Å². The standard InChI is InChI=1S/C21H27N5O4/c1-6-25-13-16(15(2)22-25)12-24(3)21(27)17-10-11-26(23-17)14-30-20-18(28-4)8-7-9-19(20)29-5/h7-11,13H,6,12,14H2,1-5H3. The van der Waals surface area contributed by atoms with Gasteiger partial charge >= 0.3 is 0 Å². The van der Waals surface area contributed by atoms with Gasteiger partial charge in [-0.25, -0.2) is 4.68 Å². The number of carbonyl (C=O) groups excluding carboxylic acids is 1. The number of nitrogens with zero attached hydrogens (tertiary/aromatic N) is 5. The Hall–Kier alpha value is -3.49. The van der Waals surface area contributed by atoms with Gasteiger partial charge in [-0.3, -0.25) is 9.48 Å². The smallest absolute Gasteiger partial charge is 0.274 e. The number of carbonyl (C=O) groups is 1. The van der Waals surface area contributed by atoms with Gasteiger partial charge in [-0.1, -0.05) is 6.07 Å². The van der Waals surface area contributed by atoms with Crippen molar-refractivity contribution >= 4 is 5.91 Å². The lowest BCUT2D eigenvalue weighted by atomic mass is 10.2. The Morgan fingerprint density at radius 3 is 2.40 bits per heavy atom. The molecule has 1 amide bonds. The monoisotopic (exact) mass is 413 g/mol. The molecule has 0 atom stereocenters. The molecule has 0 N–H and O–H groups in total. The molecule has 9 nitrogen and oxygen atoms in total. The van der Waals surface area contributed by atoms with E-state index in [2.05, 4.69) is 10.2 Å². The lowest BCUT2D eigenvalue weighted by Gasteiger charge is -2.15. The van der Waals surface area contributed by atoms with Crippen LogP contribution >= 0.6 is 0 Å². The fraction of sp³-hybridized carbons (Fsp3) is 0.381. The summed E-state index contributed by atoms with van der Waals surface area (Å²) in [6, 6.07) is 7.06. The minimum atomic E-state index is -0.174. The minimum absolute atomic E-state index is 0.107. The molecule has 2 aromatic heterocycles. The molecule has 3 rings (SSSR count). The normalized spacial score (nSPS) is 10.7. The Labute approximate surface area is 175 Å². The number of aryl methyl sites for hydroxylation is 2. The van der Waals surface area contributed by atoms with Crippen LogP contribution in [0.2, 0.25) is 0 Å². The zero-order chi connectivity index (χ0) is 21.7. The van der Waals surface area contributed by atoms with Crippen molar-refractivity contribution in [3.63, 3.8) is 0 Å². The summed E-state index contributed by atoms with van der Waals surface area (Å²) >= 11 is 0. The van der Waals surface area contributed by atoms with Crippen molar-refractivity contribution < 1.29 is 19.0 Å². The zero-order valence-electron chi connectivity index (χ0n) is 18.0. The van der Waals surface area contributed by atoms with Crippen molar-refractivity contribution in [1.82, 2.24) is 24.5 Å². The predicted molar refractivity (Wildman–Crippen MR) is 111 cm³/mol. The highest BCUT2D eigenvalue weighted by Crippen LogP contribution is 2.36. The van der Waals surface area contributed by atoms with Crippen LogP contribution in [0.1, 0.15) is 28.7 Å². The summed E-state index contributed by atoms with van der Waals surface area (Å²) in [6.45, 7) is 5.33. The summed E-state index contributed by atoms with van der Waals surface area (Å²) in [7, 11) is 4.88. The summed E-state index contributed by atoms with van der Waals surface area (Å²) in [4.78, 5) is 14.4. The molecule has 0 aliphatic carbocycles. The molecule has 30 heavy (non-hydrogen) atoms. The van der Waals surface area contributed by atoms with E-state index in [1.54, 1.807) is 55.2 Å². The number of amides is 1. The molecule has 1 aromatic carbocycles. The Kier molecular flexibility index (Phi) is 6.61. The first-order valence-electron chi connectivity index (χ1n) is 9.62. The number of hydrogen-bond acceptors (Lipinski definition) is 6. The Bertz CT molecular complexity index is 988. The van der Waals surface area contributed by atoms with E-state index in [1.807, 2.05) is 30.8 Å². The lowest BCUT2D eigenvalue weighted by Crippen LogP contribution is -2.27. The SMILES string of the molecule is CCn1cc(CN(C)C(=O)c2ccn(COc3c(OC)cccc3OC)n2)c(C)n1. The average Bonchev–Trinajstić information content (AvgIpc) is 3.37. The molecule has 0 bridgehead atoms. The second-order valence-electron chi connectivity index (χ2n) is 6.76. The first kappa shape index (κ1) is 21.2. The molecular weight excluding hydrogens is 386 g/mol. The minimum Gasteiger partial charge on any atom is -0.493 e. The Morgan fingerprint density at radius 2 is 1.80 bits per heavy atom. The van der Waals surface area contributed by atoms with Crippen molar-refractivity contribution in [1.29, 1.82) is 0 Å². The van der Waals surface area contributed by atoms with E-state index in [0.717, 1.165) is 17.8 Å². The first-order valence-corrected chi connectivity index (χ1v) is 9.62. The number of benzene rings is 1. The molecule has 3 aromatic rings. The number of ether oxygens (including phenoxy) is 3. The van der Waals surface area contributed by atoms with Crippen LogP contribution in [0.5, 0.6) is 17.2 Å². The average molecular weight is 413 g/mol. The summed E-state index contributed by atoms with van der Waals surface area (Å²) < 4.78 is 19.9. The van der Waals surface area contributed by atoms with Crippen molar-refractivity contribution in [2.75, 3.05) is 21.3 Å². The third kappa shape index (κ3) is 4.56. The highest BCUT2D eigenvalue weighted by atomic mass is 16.5. The molecule has 0 aliphatic heterocycles. The third-order valence-electron chi connectivity index (χ3n) is 4.71. The van der Waals surface area contributed by atoms with Crippen LogP contribution in [0.15, 0.2) is 36.7 Å². The maximum atomic E-state index is 12.8. The largest absolute Gasteiger partial charge is 0.493 e. The summed E-state index contributed by atoms with van der Waals surface area (Å²) in [6.07, 6.45) is 3.66. The van der Waals surface area contributed by atoms with Gasteiger partial charge in [0, 0.05) is 38.1 Å². The number of methoxy groups -OCH3 is 2. The maximum Gasteiger partial charge on any atom is 0.274 e. The van der Waals surface area contributed by atoms with Crippen LogP contribution < -0.4 is 14.2 Å². The lowest BCUT2D eigenvalue weighted by molar-refractivity contribution is 0.0776. The van der Waals surface area contributed by atoms with Crippen molar-refractivity contribution in [2.45, 2.75) is 33.7 Å². The Balaban J connectivity index is 1.66. The third-order valence-corrected chi connectivity index (χ3v) is 4.71. The van der Waals surface area contributed by atoms with Gasteiger partial charge in [-0.2, -0.15) is 10.2 Å². The van der Waals surface area contributed by atoms with Gasteiger partial charge in [-0.15, -0.1) is 0 Å². The van der Waals surface area contributed by atoms with Gasteiger partial charge < -0.3 is 19.1 Å². The Morgan fingerprint density at radius 1 is 1.10 bits per heavy atom. The number of hydrogen-bond donors (Lipinski definition) is 0. The number of aromatic nitrogens is 4. The quantitative estimate of drug-likeness (QED) is 0.536. The van der Waals surface area contributed by atoms with E-state index in [9.17, 15) is 4.79 Å². The van der Waals surface area contributed by atoms with E-state index in [1.165, 1.54) is 0 Å². The van der Waals surface area contributed by atoms with Crippen LogP contribution in [-0.4, -0.2) is 51.6 Å². The van der Waals surface area contributed by atoms with E-state index >= 15 is 0 Å². The molecule has 0 aliphatic rings. The number of rotatable bonds is 9. The van der Waals surface area contributed by atoms with Crippen LogP contribution in [0, 0.1) is 6.92 Å². The molecule has 160 valence electrons. The molecule has 2 heterocycles.